The van der Waals surface area contributed by atoms with Gasteiger partial charge in [-0.25, -0.2) is 19.2 Å². The Hall–Kier alpha value is -3.77. The maximum atomic E-state index is 14.6. The Morgan fingerprint density at radius 2 is 1.92 bits per heavy atom. The number of fused-ring (bicyclic) bond motifs is 3. The second-order valence-corrected chi connectivity index (χ2v) is 8.93. The standard InChI is InChI=1S/C24H19FN2O9S/c1-32-16-3-2-11(4-14(16)25)19-21-20-15(9-33-13-5-12(6-13)26-10-37)27-22(19)35-18(29)8-24(31,23(30)36-21)7-17(28)34-20/h2-4,12-13,31H,5-9H2,1H3. The van der Waals surface area contributed by atoms with Gasteiger partial charge in [0.25, 0.3) is 0 Å². The van der Waals surface area contributed by atoms with Crippen LogP contribution >= 0.6 is 12.2 Å². The maximum absolute atomic E-state index is 14.6. The Bertz CT molecular complexity index is 1370. The van der Waals surface area contributed by atoms with E-state index in [9.17, 15) is 23.9 Å². The first-order valence-corrected chi connectivity index (χ1v) is 11.6. The van der Waals surface area contributed by atoms with Gasteiger partial charge in [0.1, 0.15) is 5.69 Å². The lowest BCUT2D eigenvalue weighted by molar-refractivity contribution is -0.168. The highest BCUT2D eigenvalue weighted by molar-refractivity contribution is 7.78. The minimum Gasteiger partial charge on any atom is -0.494 e. The second kappa shape index (κ2) is 9.60. The largest absolute Gasteiger partial charge is 0.494 e. The summed E-state index contributed by atoms with van der Waals surface area (Å²) >= 11 is 4.61. The van der Waals surface area contributed by atoms with E-state index in [0.717, 1.165) is 6.07 Å². The number of ether oxygens (including phenoxy) is 5. The molecule has 1 fully saturated rings. The van der Waals surface area contributed by atoms with Gasteiger partial charge in [0, 0.05) is 0 Å². The van der Waals surface area contributed by atoms with Crippen molar-refractivity contribution in [2.24, 2.45) is 4.99 Å². The predicted octanol–water partition coefficient (Wildman–Crippen LogP) is 2.30. The predicted molar refractivity (Wildman–Crippen MR) is 124 cm³/mol. The van der Waals surface area contributed by atoms with Crippen LogP contribution in [0.25, 0.3) is 11.1 Å². The van der Waals surface area contributed by atoms with Gasteiger partial charge in [-0.1, -0.05) is 6.07 Å². The van der Waals surface area contributed by atoms with Crippen molar-refractivity contribution in [1.82, 2.24) is 4.98 Å². The lowest BCUT2D eigenvalue weighted by atomic mass is 9.90. The highest BCUT2D eigenvalue weighted by Gasteiger charge is 2.48. The molecule has 2 aliphatic heterocycles. The average Bonchev–Trinajstić information content (AvgIpc) is 2.82. The molecule has 1 unspecified atom stereocenters. The molecule has 13 heteroatoms. The highest BCUT2D eigenvalue weighted by Crippen LogP contribution is 2.49. The average molecular weight is 530 g/mol. The van der Waals surface area contributed by atoms with Crippen molar-refractivity contribution in [2.75, 3.05) is 7.11 Å². The summed E-state index contributed by atoms with van der Waals surface area (Å²) in [7, 11) is 1.29. The molecule has 1 saturated carbocycles. The molecule has 192 valence electrons. The molecule has 1 N–H and O–H groups in total. The molecule has 3 bridgehead atoms. The first kappa shape index (κ1) is 24.9. The number of isothiocyanates is 1. The van der Waals surface area contributed by atoms with Crippen LogP contribution in [0.1, 0.15) is 31.4 Å². The van der Waals surface area contributed by atoms with E-state index in [4.69, 9.17) is 23.7 Å². The van der Waals surface area contributed by atoms with Gasteiger partial charge in [-0.2, -0.15) is 0 Å². The Morgan fingerprint density at radius 3 is 2.59 bits per heavy atom. The smallest absolute Gasteiger partial charge is 0.344 e. The van der Waals surface area contributed by atoms with Crippen LogP contribution < -0.4 is 18.9 Å². The molecule has 1 aliphatic carbocycles. The molecule has 1 aromatic heterocycles. The van der Waals surface area contributed by atoms with Crippen molar-refractivity contribution in [2.45, 2.75) is 50.0 Å². The third-order valence-electron chi connectivity index (χ3n) is 6.22. The summed E-state index contributed by atoms with van der Waals surface area (Å²) in [6.45, 7) is -0.210. The Balaban J connectivity index is 1.65. The fraction of sp³-hybridized carbons (Fsp3) is 0.375. The third-order valence-corrected chi connectivity index (χ3v) is 6.33. The number of methoxy groups -OCH3 is 1. The number of carbonyl (C=O) groups is 3. The molecule has 37 heavy (non-hydrogen) atoms. The summed E-state index contributed by atoms with van der Waals surface area (Å²) in [5.74, 6) is -5.19. The third kappa shape index (κ3) is 4.69. The molecule has 0 spiro atoms. The number of aromatic nitrogens is 1. The monoisotopic (exact) mass is 530 g/mol. The van der Waals surface area contributed by atoms with Crippen LogP contribution in [0.4, 0.5) is 4.39 Å². The van der Waals surface area contributed by atoms with Gasteiger partial charge in [0.2, 0.25) is 5.88 Å². The zero-order valence-corrected chi connectivity index (χ0v) is 20.1. The summed E-state index contributed by atoms with van der Waals surface area (Å²) in [6, 6.07) is 3.76. The molecule has 1 aromatic carbocycles. The van der Waals surface area contributed by atoms with E-state index in [0.29, 0.717) is 12.8 Å². The second-order valence-electron chi connectivity index (χ2n) is 8.75. The first-order chi connectivity index (χ1) is 17.7. The Kier molecular flexibility index (Phi) is 6.46. The molecule has 3 aliphatic rings. The number of rotatable bonds is 6. The van der Waals surface area contributed by atoms with Crippen LogP contribution in [-0.2, 0) is 25.7 Å². The van der Waals surface area contributed by atoms with Crippen LogP contribution in [0.5, 0.6) is 23.1 Å². The van der Waals surface area contributed by atoms with Crippen LogP contribution in [-0.4, -0.2) is 58.0 Å². The highest BCUT2D eigenvalue weighted by atomic mass is 32.1. The molecule has 0 amide bonds. The molecule has 3 heterocycles. The number of nitrogens with zero attached hydrogens (tertiary/aromatic N) is 2. The van der Waals surface area contributed by atoms with Gasteiger partial charge in [-0.15, -0.1) is 0 Å². The summed E-state index contributed by atoms with van der Waals surface area (Å²) in [5, 5.41) is 13.1. The summed E-state index contributed by atoms with van der Waals surface area (Å²) < 4.78 is 41.8. The molecule has 11 nitrogen and oxygen atoms in total. The topological polar surface area (TPSA) is 143 Å². The molecular formula is C24H19FN2O9S. The van der Waals surface area contributed by atoms with E-state index in [2.05, 4.69) is 27.4 Å². The van der Waals surface area contributed by atoms with Crippen LogP contribution in [0.15, 0.2) is 23.2 Å². The zero-order chi connectivity index (χ0) is 26.3. The van der Waals surface area contributed by atoms with Crippen LogP contribution in [0.3, 0.4) is 0 Å². The van der Waals surface area contributed by atoms with Gasteiger partial charge in [-0.05, 0) is 42.8 Å². The number of hydrogen-bond donors (Lipinski definition) is 1. The number of hydrogen-bond acceptors (Lipinski definition) is 12. The number of halogens is 1. The molecule has 1 atom stereocenters. The minimum atomic E-state index is -2.54. The SMILES string of the molecule is COc1ccc(-c2c3nc(COC4CC(N=C=S)C4)c4c2OC(=O)C(O)(CC(=O)O3)CC(=O)O4)cc1F. The summed E-state index contributed by atoms with van der Waals surface area (Å²) in [6.07, 6.45) is -0.809. The Labute approximate surface area is 214 Å². The number of pyridine rings is 1. The van der Waals surface area contributed by atoms with Gasteiger partial charge in [0.15, 0.2) is 28.7 Å². The lowest BCUT2D eigenvalue weighted by Crippen LogP contribution is -2.47. The molecule has 0 saturated heterocycles. The van der Waals surface area contributed by atoms with E-state index in [-0.39, 0.29) is 58.7 Å². The summed E-state index contributed by atoms with van der Waals surface area (Å²) in [5.41, 5.74) is -2.61. The van der Waals surface area contributed by atoms with E-state index in [1.165, 1.54) is 19.2 Å². The Morgan fingerprint density at radius 1 is 1.19 bits per heavy atom. The van der Waals surface area contributed by atoms with Gasteiger partial charge < -0.3 is 28.8 Å². The first-order valence-electron chi connectivity index (χ1n) is 11.2. The molecular weight excluding hydrogens is 511 g/mol. The van der Waals surface area contributed by atoms with Crippen molar-refractivity contribution in [3.05, 3.63) is 29.7 Å². The van der Waals surface area contributed by atoms with Crippen molar-refractivity contribution in [1.29, 1.82) is 0 Å². The van der Waals surface area contributed by atoms with Crippen molar-refractivity contribution in [3.63, 3.8) is 0 Å². The minimum absolute atomic E-state index is 0.00851. The van der Waals surface area contributed by atoms with E-state index < -0.39 is 42.2 Å². The van der Waals surface area contributed by atoms with Gasteiger partial charge in [-0.3, -0.25) is 9.59 Å². The molecule has 5 rings (SSSR count). The molecule has 0 radical (unpaired) electrons. The van der Waals surface area contributed by atoms with E-state index in [1.54, 1.807) is 0 Å². The maximum Gasteiger partial charge on any atom is 0.344 e. The molecule has 2 aromatic rings. The van der Waals surface area contributed by atoms with Gasteiger partial charge in [0.05, 0.1) is 49.4 Å². The fourth-order valence-electron chi connectivity index (χ4n) is 4.24. The normalized spacial score (nSPS) is 24.2. The van der Waals surface area contributed by atoms with Crippen molar-refractivity contribution < 1.29 is 47.6 Å². The number of carbonyl (C=O) groups excluding carboxylic acids is 3. The number of thiocarbonyl (C=S) groups is 1. The lowest BCUT2D eigenvalue weighted by Gasteiger charge is -2.31. The van der Waals surface area contributed by atoms with E-state index >= 15 is 0 Å². The number of benzene rings is 1. The van der Waals surface area contributed by atoms with Crippen molar-refractivity contribution >= 4 is 35.3 Å². The number of aliphatic imine (C=N–C) groups is 1. The number of aliphatic hydroxyl groups is 1. The van der Waals surface area contributed by atoms with Crippen LogP contribution in [0.2, 0.25) is 0 Å². The number of esters is 3. The summed E-state index contributed by atoms with van der Waals surface area (Å²) in [4.78, 5) is 46.7. The van der Waals surface area contributed by atoms with Crippen LogP contribution in [0, 0.1) is 5.82 Å². The van der Waals surface area contributed by atoms with Crippen molar-refractivity contribution in [3.8, 4) is 34.3 Å². The van der Waals surface area contributed by atoms with E-state index in [1.807, 2.05) is 0 Å². The fourth-order valence-corrected chi connectivity index (χ4v) is 4.39. The quantitative estimate of drug-likeness (QED) is 0.334. The van der Waals surface area contributed by atoms with Gasteiger partial charge >= 0.3 is 17.9 Å². The zero-order valence-electron chi connectivity index (χ0n) is 19.3.